The van der Waals surface area contributed by atoms with Crippen molar-refractivity contribution in [3.63, 3.8) is 0 Å². The summed E-state index contributed by atoms with van der Waals surface area (Å²) in [6.45, 7) is 7.10. The predicted octanol–water partition coefficient (Wildman–Crippen LogP) is 0.508. The van der Waals surface area contributed by atoms with Crippen LogP contribution in [0, 0.1) is 0 Å². The maximum absolute atomic E-state index is 5.46. The van der Waals surface area contributed by atoms with Gasteiger partial charge in [-0.1, -0.05) is 31.1 Å². The molecule has 0 spiro atoms. The number of hydrogen-bond acceptors (Lipinski definition) is 6. The third-order valence-corrected chi connectivity index (χ3v) is 2.40. The molecule has 2 aromatic heterocycles. The van der Waals surface area contributed by atoms with Gasteiger partial charge in [0, 0.05) is 18.0 Å². The van der Waals surface area contributed by atoms with Crippen molar-refractivity contribution in [1.29, 1.82) is 0 Å². The lowest BCUT2D eigenvalue weighted by molar-refractivity contribution is 0.317. The average molecular weight is 250 g/mol. The van der Waals surface area contributed by atoms with E-state index in [1.54, 1.807) is 4.68 Å². The Hall–Kier alpha value is -1.76. The molecule has 0 aromatic carbocycles. The predicted molar refractivity (Wildman–Crippen MR) is 64.9 cm³/mol. The highest BCUT2D eigenvalue weighted by molar-refractivity contribution is 4.99. The molecule has 2 aromatic rings. The molecular formula is C11H18N6O. The van der Waals surface area contributed by atoms with Crippen molar-refractivity contribution >= 4 is 0 Å². The van der Waals surface area contributed by atoms with Crippen molar-refractivity contribution < 1.29 is 4.52 Å². The van der Waals surface area contributed by atoms with Gasteiger partial charge >= 0.3 is 0 Å². The van der Waals surface area contributed by atoms with E-state index in [1.165, 1.54) is 0 Å². The number of hydrogen-bond donors (Lipinski definition) is 1. The van der Waals surface area contributed by atoms with E-state index >= 15 is 0 Å². The normalized spacial score (nSPS) is 12.0. The van der Waals surface area contributed by atoms with Crippen LogP contribution in [0.15, 0.2) is 10.7 Å². The van der Waals surface area contributed by atoms with E-state index in [2.05, 4.69) is 20.5 Å². The van der Waals surface area contributed by atoms with Crippen molar-refractivity contribution in [2.45, 2.75) is 39.2 Å². The number of aromatic nitrogens is 5. The van der Waals surface area contributed by atoms with Gasteiger partial charge in [0.2, 0.25) is 5.89 Å². The quantitative estimate of drug-likeness (QED) is 0.849. The first kappa shape index (κ1) is 12.7. The van der Waals surface area contributed by atoms with Crippen LogP contribution in [-0.4, -0.2) is 31.7 Å². The Morgan fingerprint density at radius 1 is 1.39 bits per heavy atom. The standard InChI is InChI=1S/C11H18N6O/c1-11(2,3)10-13-9(15-18-10)7-17-6-8(4-5-12)14-16-17/h6H,4-5,7,12H2,1-3H3. The topological polar surface area (TPSA) is 95.7 Å². The molecule has 0 aliphatic carbocycles. The number of nitrogens with two attached hydrogens (primary N) is 1. The molecular weight excluding hydrogens is 232 g/mol. The second-order valence-corrected chi connectivity index (χ2v) is 5.21. The molecule has 98 valence electrons. The van der Waals surface area contributed by atoms with Gasteiger partial charge in [-0.15, -0.1) is 5.10 Å². The van der Waals surface area contributed by atoms with Crippen LogP contribution in [0.3, 0.4) is 0 Å². The molecule has 0 radical (unpaired) electrons. The molecule has 0 aliphatic heterocycles. The zero-order valence-corrected chi connectivity index (χ0v) is 10.9. The third kappa shape index (κ3) is 2.92. The van der Waals surface area contributed by atoms with Crippen LogP contribution < -0.4 is 5.73 Å². The highest BCUT2D eigenvalue weighted by atomic mass is 16.5. The van der Waals surface area contributed by atoms with Crippen LogP contribution in [0.1, 0.15) is 38.2 Å². The van der Waals surface area contributed by atoms with E-state index in [4.69, 9.17) is 10.3 Å². The number of rotatable bonds is 4. The lowest BCUT2D eigenvalue weighted by Crippen LogP contribution is -2.12. The van der Waals surface area contributed by atoms with Gasteiger partial charge < -0.3 is 10.3 Å². The Labute approximate surface area is 105 Å². The smallest absolute Gasteiger partial charge is 0.232 e. The SMILES string of the molecule is CC(C)(C)c1nc(Cn2cc(CCN)nn2)no1. The minimum absolute atomic E-state index is 0.141. The van der Waals surface area contributed by atoms with Gasteiger partial charge in [0.15, 0.2) is 5.82 Å². The van der Waals surface area contributed by atoms with Crippen molar-refractivity contribution in [2.24, 2.45) is 5.73 Å². The summed E-state index contributed by atoms with van der Waals surface area (Å²) in [6.07, 6.45) is 2.57. The Bertz CT molecular complexity index is 510. The number of nitrogens with zero attached hydrogens (tertiary/aromatic N) is 5. The van der Waals surface area contributed by atoms with E-state index in [0.717, 1.165) is 12.1 Å². The molecule has 2 heterocycles. The Kier molecular flexibility index (Phi) is 3.42. The summed E-state index contributed by atoms with van der Waals surface area (Å²) < 4.78 is 6.90. The molecule has 0 saturated heterocycles. The minimum atomic E-state index is -0.141. The molecule has 2 rings (SSSR count). The first-order valence-electron chi connectivity index (χ1n) is 5.91. The lowest BCUT2D eigenvalue weighted by Gasteiger charge is -2.10. The van der Waals surface area contributed by atoms with Crippen molar-refractivity contribution in [2.75, 3.05) is 6.54 Å². The van der Waals surface area contributed by atoms with E-state index in [9.17, 15) is 0 Å². The van der Waals surface area contributed by atoms with E-state index < -0.39 is 0 Å². The van der Waals surface area contributed by atoms with E-state index in [1.807, 2.05) is 27.0 Å². The van der Waals surface area contributed by atoms with Crippen LogP contribution in [0.25, 0.3) is 0 Å². The fourth-order valence-electron chi connectivity index (χ4n) is 1.45. The summed E-state index contributed by atoms with van der Waals surface area (Å²) in [4.78, 5) is 4.34. The molecule has 0 amide bonds. The second kappa shape index (κ2) is 4.85. The van der Waals surface area contributed by atoms with E-state index in [-0.39, 0.29) is 5.41 Å². The summed E-state index contributed by atoms with van der Waals surface area (Å²) in [5.74, 6) is 1.23. The second-order valence-electron chi connectivity index (χ2n) is 5.21. The van der Waals surface area contributed by atoms with Crippen LogP contribution in [-0.2, 0) is 18.4 Å². The third-order valence-electron chi connectivity index (χ3n) is 2.40. The van der Waals surface area contributed by atoms with Crippen molar-refractivity contribution in [1.82, 2.24) is 25.1 Å². The van der Waals surface area contributed by atoms with Crippen molar-refractivity contribution in [3.8, 4) is 0 Å². The summed E-state index contributed by atoms with van der Waals surface area (Å²) in [7, 11) is 0. The average Bonchev–Trinajstić information content (AvgIpc) is 2.88. The molecule has 0 saturated carbocycles. The van der Waals surface area contributed by atoms with E-state index in [0.29, 0.717) is 24.8 Å². The van der Waals surface area contributed by atoms with Crippen molar-refractivity contribution in [3.05, 3.63) is 23.6 Å². The Morgan fingerprint density at radius 3 is 2.78 bits per heavy atom. The highest BCUT2D eigenvalue weighted by Gasteiger charge is 2.21. The molecule has 0 unspecified atom stereocenters. The molecule has 18 heavy (non-hydrogen) atoms. The monoisotopic (exact) mass is 250 g/mol. The first-order chi connectivity index (χ1) is 8.49. The zero-order valence-electron chi connectivity index (χ0n) is 10.9. The van der Waals surface area contributed by atoms with Crippen LogP contribution in [0.4, 0.5) is 0 Å². The summed E-state index contributed by atoms with van der Waals surface area (Å²) in [5, 5.41) is 11.9. The summed E-state index contributed by atoms with van der Waals surface area (Å²) >= 11 is 0. The lowest BCUT2D eigenvalue weighted by atomic mass is 9.97. The minimum Gasteiger partial charge on any atom is -0.339 e. The van der Waals surface area contributed by atoms with Gasteiger partial charge in [0.25, 0.3) is 0 Å². The van der Waals surface area contributed by atoms with Crippen LogP contribution in [0.5, 0.6) is 0 Å². The molecule has 0 bridgehead atoms. The van der Waals surface area contributed by atoms with Gasteiger partial charge in [-0.05, 0) is 6.54 Å². The molecule has 7 nitrogen and oxygen atoms in total. The first-order valence-corrected chi connectivity index (χ1v) is 5.91. The molecule has 2 N–H and O–H groups in total. The van der Waals surface area contributed by atoms with Crippen LogP contribution in [0.2, 0.25) is 0 Å². The zero-order chi connectivity index (χ0) is 13.2. The van der Waals surface area contributed by atoms with Gasteiger partial charge in [0.1, 0.15) is 6.54 Å². The fraction of sp³-hybridized carbons (Fsp3) is 0.636. The van der Waals surface area contributed by atoms with Gasteiger partial charge in [0.05, 0.1) is 5.69 Å². The molecule has 0 atom stereocenters. The maximum atomic E-state index is 5.46. The van der Waals surface area contributed by atoms with Gasteiger partial charge in [-0.3, -0.25) is 0 Å². The largest absolute Gasteiger partial charge is 0.339 e. The van der Waals surface area contributed by atoms with Gasteiger partial charge in [-0.25, -0.2) is 4.68 Å². The fourth-order valence-corrected chi connectivity index (χ4v) is 1.45. The molecule has 0 aliphatic rings. The van der Waals surface area contributed by atoms with Crippen LogP contribution >= 0.6 is 0 Å². The Morgan fingerprint density at radius 2 is 2.17 bits per heavy atom. The maximum Gasteiger partial charge on any atom is 0.232 e. The Balaban J connectivity index is 2.06. The molecule has 7 heteroatoms. The highest BCUT2D eigenvalue weighted by Crippen LogP contribution is 2.19. The summed E-state index contributed by atoms with van der Waals surface area (Å²) in [6, 6.07) is 0. The van der Waals surface area contributed by atoms with Gasteiger partial charge in [-0.2, -0.15) is 4.98 Å². The molecule has 0 fully saturated rings. The summed E-state index contributed by atoms with van der Waals surface area (Å²) in [5.41, 5.74) is 6.19.